The Hall–Kier alpha value is -2.56. The third-order valence-electron chi connectivity index (χ3n) is 3.28. The summed E-state index contributed by atoms with van der Waals surface area (Å²) in [6.07, 6.45) is 2.87. The Labute approximate surface area is 153 Å². The number of hydrogen-bond acceptors (Lipinski definition) is 2. The molecule has 3 aromatic rings. The molecule has 0 saturated carbocycles. The number of hydrogen-bond donors (Lipinski definition) is 1. The van der Waals surface area contributed by atoms with Crippen molar-refractivity contribution in [2.75, 3.05) is 5.32 Å². The van der Waals surface area contributed by atoms with E-state index in [-0.39, 0.29) is 11.7 Å². The van der Waals surface area contributed by atoms with E-state index in [0.717, 1.165) is 5.56 Å². The Bertz CT molecular complexity index is 913. The number of halogens is 3. The number of carbonyl (C=O) groups is 1. The molecule has 0 aliphatic heterocycles. The summed E-state index contributed by atoms with van der Waals surface area (Å²) in [4.78, 5) is 11.9. The van der Waals surface area contributed by atoms with Crippen LogP contribution in [0.25, 0.3) is 17.4 Å². The Morgan fingerprint density at radius 1 is 1.00 bits per heavy atom. The summed E-state index contributed by atoms with van der Waals surface area (Å²) in [6, 6.07) is 14.1. The fourth-order valence-corrected chi connectivity index (χ4v) is 2.69. The zero-order chi connectivity index (χ0) is 17.8. The third-order valence-corrected chi connectivity index (χ3v) is 3.72. The smallest absolute Gasteiger partial charge is 0.248 e. The van der Waals surface area contributed by atoms with E-state index in [4.69, 9.17) is 27.6 Å². The Balaban J connectivity index is 1.69. The van der Waals surface area contributed by atoms with Crippen LogP contribution in [0.15, 0.2) is 65.1 Å². The highest BCUT2D eigenvalue weighted by molar-refractivity contribution is 6.35. The van der Waals surface area contributed by atoms with Crippen molar-refractivity contribution in [2.24, 2.45) is 0 Å². The molecule has 0 aliphatic rings. The predicted octanol–water partition coefficient (Wildman–Crippen LogP) is 6.04. The number of anilines is 1. The maximum atomic E-state index is 12.8. The van der Waals surface area contributed by atoms with Crippen molar-refractivity contribution in [1.82, 2.24) is 0 Å². The quantitative estimate of drug-likeness (QED) is 0.564. The first kappa shape index (κ1) is 17.3. The highest BCUT2D eigenvalue weighted by Gasteiger charge is 2.06. The standard InChI is InChI=1S/C19H12Cl2FNO2/c20-13-9-12(10-14(21)11-13)18-7-5-17(25-18)6-8-19(24)23-16-3-1-15(22)2-4-16/h1-11H,(H,23,24)/b8-6+. The molecule has 0 radical (unpaired) electrons. The van der Waals surface area contributed by atoms with E-state index in [1.54, 1.807) is 30.3 Å². The van der Waals surface area contributed by atoms with Gasteiger partial charge in [-0.05, 0) is 60.7 Å². The van der Waals surface area contributed by atoms with E-state index in [1.807, 2.05) is 0 Å². The minimum absolute atomic E-state index is 0.352. The Morgan fingerprint density at radius 3 is 2.36 bits per heavy atom. The van der Waals surface area contributed by atoms with Gasteiger partial charge in [0.25, 0.3) is 0 Å². The highest BCUT2D eigenvalue weighted by Crippen LogP contribution is 2.28. The van der Waals surface area contributed by atoms with Gasteiger partial charge in [0, 0.05) is 27.4 Å². The SMILES string of the molecule is O=C(/C=C/c1ccc(-c2cc(Cl)cc(Cl)c2)o1)Nc1ccc(F)cc1. The summed E-state index contributed by atoms with van der Waals surface area (Å²) in [5.74, 6) is 0.372. The second-order valence-corrected chi connectivity index (χ2v) is 6.06. The first-order chi connectivity index (χ1) is 12.0. The predicted molar refractivity (Wildman–Crippen MR) is 98.2 cm³/mol. The summed E-state index contributed by atoms with van der Waals surface area (Å²) in [6.45, 7) is 0. The van der Waals surface area contributed by atoms with Gasteiger partial charge >= 0.3 is 0 Å². The number of amides is 1. The van der Waals surface area contributed by atoms with Gasteiger partial charge in [-0.25, -0.2) is 4.39 Å². The van der Waals surface area contributed by atoms with E-state index >= 15 is 0 Å². The van der Waals surface area contributed by atoms with Crippen molar-refractivity contribution in [3.8, 4) is 11.3 Å². The first-order valence-electron chi connectivity index (χ1n) is 7.30. The Kier molecular flexibility index (Phi) is 5.22. The zero-order valence-corrected chi connectivity index (χ0v) is 14.3. The number of furan rings is 1. The normalized spacial score (nSPS) is 11.0. The van der Waals surface area contributed by atoms with Gasteiger partial charge in [0.1, 0.15) is 17.3 Å². The van der Waals surface area contributed by atoms with Crippen molar-refractivity contribution < 1.29 is 13.6 Å². The van der Waals surface area contributed by atoms with Crippen LogP contribution in [-0.4, -0.2) is 5.91 Å². The number of carbonyl (C=O) groups excluding carboxylic acids is 1. The molecule has 1 aromatic heterocycles. The first-order valence-corrected chi connectivity index (χ1v) is 8.06. The van der Waals surface area contributed by atoms with Crippen molar-refractivity contribution >= 4 is 40.9 Å². The van der Waals surface area contributed by atoms with Crippen LogP contribution in [0.2, 0.25) is 10.0 Å². The topological polar surface area (TPSA) is 42.2 Å². The summed E-state index contributed by atoms with van der Waals surface area (Å²) < 4.78 is 18.5. The van der Waals surface area contributed by atoms with Gasteiger partial charge in [-0.1, -0.05) is 23.2 Å². The van der Waals surface area contributed by atoms with Crippen LogP contribution in [0, 0.1) is 5.82 Å². The molecule has 1 amide bonds. The largest absolute Gasteiger partial charge is 0.457 e. The van der Waals surface area contributed by atoms with Gasteiger partial charge in [0.2, 0.25) is 5.91 Å². The molecule has 0 saturated heterocycles. The second kappa shape index (κ2) is 7.55. The fraction of sp³-hybridized carbons (Fsp3) is 0. The Morgan fingerprint density at radius 2 is 1.68 bits per heavy atom. The van der Waals surface area contributed by atoms with E-state index in [1.165, 1.54) is 36.4 Å². The summed E-state index contributed by atoms with van der Waals surface area (Å²) in [7, 11) is 0. The van der Waals surface area contributed by atoms with Crippen LogP contribution in [0.4, 0.5) is 10.1 Å². The van der Waals surface area contributed by atoms with Crippen molar-refractivity contribution in [3.63, 3.8) is 0 Å². The minimum Gasteiger partial charge on any atom is -0.457 e. The van der Waals surface area contributed by atoms with Crippen LogP contribution < -0.4 is 5.32 Å². The molecule has 0 aliphatic carbocycles. The highest BCUT2D eigenvalue weighted by atomic mass is 35.5. The maximum Gasteiger partial charge on any atom is 0.248 e. The summed E-state index contributed by atoms with van der Waals surface area (Å²) >= 11 is 12.0. The molecule has 3 nitrogen and oxygen atoms in total. The van der Waals surface area contributed by atoms with Crippen molar-refractivity contribution in [2.45, 2.75) is 0 Å². The second-order valence-electron chi connectivity index (χ2n) is 5.19. The molecule has 0 unspecified atom stereocenters. The van der Waals surface area contributed by atoms with Crippen LogP contribution in [-0.2, 0) is 4.79 Å². The molecule has 6 heteroatoms. The van der Waals surface area contributed by atoms with E-state index in [0.29, 0.717) is 27.3 Å². The van der Waals surface area contributed by atoms with Crippen LogP contribution in [0.5, 0.6) is 0 Å². The van der Waals surface area contributed by atoms with Crippen molar-refractivity contribution in [3.05, 3.63) is 82.3 Å². The lowest BCUT2D eigenvalue weighted by molar-refractivity contribution is -0.111. The molecule has 0 bridgehead atoms. The lowest BCUT2D eigenvalue weighted by Gasteiger charge is -2.01. The fourth-order valence-electron chi connectivity index (χ4n) is 2.17. The summed E-state index contributed by atoms with van der Waals surface area (Å²) in [5, 5.41) is 3.64. The molecular formula is C19H12Cl2FNO2. The number of benzene rings is 2. The molecular weight excluding hydrogens is 364 g/mol. The molecule has 0 spiro atoms. The molecule has 1 N–H and O–H groups in total. The molecule has 1 heterocycles. The zero-order valence-electron chi connectivity index (χ0n) is 12.8. The van der Waals surface area contributed by atoms with Gasteiger partial charge in [0.15, 0.2) is 0 Å². The van der Waals surface area contributed by atoms with Crippen molar-refractivity contribution in [1.29, 1.82) is 0 Å². The minimum atomic E-state index is -0.363. The monoisotopic (exact) mass is 375 g/mol. The van der Waals surface area contributed by atoms with Gasteiger partial charge < -0.3 is 9.73 Å². The van der Waals surface area contributed by atoms with Gasteiger partial charge in [0.05, 0.1) is 0 Å². The van der Waals surface area contributed by atoms with Gasteiger partial charge in [-0.2, -0.15) is 0 Å². The lowest BCUT2D eigenvalue weighted by Crippen LogP contribution is -2.07. The molecule has 0 fully saturated rings. The lowest BCUT2D eigenvalue weighted by atomic mass is 10.2. The summed E-state index contributed by atoms with van der Waals surface area (Å²) in [5.41, 5.74) is 1.25. The van der Waals surface area contributed by atoms with E-state index < -0.39 is 0 Å². The van der Waals surface area contributed by atoms with E-state index in [9.17, 15) is 9.18 Å². The van der Waals surface area contributed by atoms with E-state index in [2.05, 4.69) is 5.32 Å². The van der Waals surface area contributed by atoms with Crippen LogP contribution >= 0.6 is 23.2 Å². The molecule has 126 valence electrons. The van der Waals surface area contributed by atoms with Crippen LogP contribution in [0.1, 0.15) is 5.76 Å². The average Bonchev–Trinajstić information content (AvgIpc) is 3.03. The maximum absolute atomic E-state index is 12.8. The third kappa shape index (κ3) is 4.72. The number of rotatable bonds is 4. The molecule has 0 atom stereocenters. The molecule has 2 aromatic carbocycles. The molecule has 3 rings (SSSR count). The molecule has 25 heavy (non-hydrogen) atoms. The van der Waals surface area contributed by atoms with Gasteiger partial charge in [-0.3, -0.25) is 4.79 Å². The number of nitrogens with one attached hydrogen (secondary N) is 1. The van der Waals surface area contributed by atoms with Gasteiger partial charge in [-0.15, -0.1) is 0 Å². The average molecular weight is 376 g/mol. The van der Waals surface area contributed by atoms with Crippen LogP contribution in [0.3, 0.4) is 0 Å².